The maximum absolute atomic E-state index is 12.3. The molecular formula is C17H12Cl2N4O3S. The summed E-state index contributed by atoms with van der Waals surface area (Å²) < 4.78 is 26.9. The first-order chi connectivity index (χ1) is 12.8. The molecule has 0 saturated carbocycles. The molecule has 0 aliphatic carbocycles. The topological polar surface area (TPSA) is 101 Å². The molecule has 2 aromatic carbocycles. The molecule has 0 radical (unpaired) electrons. The Balaban J connectivity index is 1.73. The number of hydrogen-bond donors (Lipinski definition) is 2. The highest BCUT2D eigenvalue weighted by molar-refractivity contribution is 7.92. The molecule has 1 amide bonds. The van der Waals surface area contributed by atoms with Crippen LogP contribution in [0.4, 0.5) is 11.6 Å². The van der Waals surface area contributed by atoms with Crippen molar-refractivity contribution in [3.63, 3.8) is 0 Å². The fourth-order valence-corrected chi connectivity index (χ4v) is 3.35. The molecule has 10 heteroatoms. The second-order valence-corrected chi connectivity index (χ2v) is 7.78. The van der Waals surface area contributed by atoms with Crippen LogP contribution in [0.3, 0.4) is 0 Å². The second-order valence-electron chi connectivity index (χ2n) is 5.29. The van der Waals surface area contributed by atoms with Gasteiger partial charge in [0.05, 0.1) is 14.9 Å². The van der Waals surface area contributed by atoms with Gasteiger partial charge in [-0.15, -0.1) is 0 Å². The van der Waals surface area contributed by atoms with Crippen molar-refractivity contribution in [3.8, 4) is 0 Å². The van der Waals surface area contributed by atoms with Crippen LogP contribution in [0.1, 0.15) is 10.4 Å². The molecule has 138 valence electrons. The summed E-state index contributed by atoms with van der Waals surface area (Å²) in [7, 11) is -3.84. The first-order valence-electron chi connectivity index (χ1n) is 7.51. The smallest absolute Gasteiger partial charge is 0.264 e. The Morgan fingerprint density at radius 1 is 0.926 bits per heavy atom. The van der Waals surface area contributed by atoms with Gasteiger partial charge in [0, 0.05) is 23.6 Å². The first kappa shape index (κ1) is 19.1. The molecule has 0 fully saturated rings. The van der Waals surface area contributed by atoms with Crippen molar-refractivity contribution in [2.24, 2.45) is 0 Å². The standard InChI is InChI=1S/C17H12Cl2N4O3S/c18-14-7-2-11(10-15(14)19)16(24)22-12-3-5-13(6-4-12)27(25,26)23-17-20-8-1-9-21-17/h1-10H,(H,22,24)(H,20,21,23). The van der Waals surface area contributed by atoms with Gasteiger partial charge < -0.3 is 5.32 Å². The van der Waals surface area contributed by atoms with Crippen LogP contribution in [-0.4, -0.2) is 24.3 Å². The zero-order valence-electron chi connectivity index (χ0n) is 13.6. The van der Waals surface area contributed by atoms with E-state index in [1.54, 1.807) is 6.07 Å². The minimum atomic E-state index is -3.84. The first-order valence-corrected chi connectivity index (χ1v) is 9.75. The minimum Gasteiger partial charge on any atom is -0.322 e. The van der Waals surface area contributed by atoms with Crippen LogP contribution in [-0.2, 0) is 10.0 Å². The van der Waals surface area contributed by atoms with Crippen molar-refractivity contribution >= 4 is 50.8 Å². The summed E-state index contributed by atoms with van der Waals surface area (Å²) in [6.45, 7) is 0. The number of hydrogen-bond acceptors (Lipinski definition) is 5. The molecule has 7 nitrogen and oxygen atoms in total. The highest BCUT2D eigenvalue weighted by atomic mass is 35.5. The van der Waals surface area contributed by atoms with E-state index in [4.69, 9.17) is 23.2 Å². The Bertz CT molecular complexity index is 1080. The maximum Gasteiger partial charge on any atom is 0.264 e. The Labute approximate surface area is 165 Å². The highest BCUT2D eigenvalue weighted by Crippen LogP contribution is 2.23. The molecule has 0 unspecified atom stereocenters. The molecule has 0 saturated heterocycles. The summed E-state index contributed by atoms with van der Waals surface area (Å²) in [5.74, 6) is -0.436. The molecule has 0 aliphatic rings. The van der Waals surface area contributed by atoms with E-state index in [1.807, 2.05) is 0 Å². The van der Waals surface area contributed by atoms with E-state index in [2.05, 4.69) is 20.0 Å². The molecular weight excluding hydrogens is 411 g/mol. The molecule has 1 aromatic heterocycles. The third kappa shape index (κ3) is 4.73. The number of rotatable bonds is 5. The molecule has 0 bridgehead atoms. The van der Waals surface area contributed by atoms with Crippen molar-refractivity contribution in [2.45, 2.75) is 4.90 Å². The van der Waals surface area contributed by atoms with Crippen LogP contribution >= 0.6 is 23.2 Å². The minimum absolute atomic E-state index is 0.00231. The van der Waals surface area contributed by atoms with Crippen LogP contribution < -0.4 is 10.0 Å². The predicted molar refractivity (Wildman–Crippen MR) is 104 cm³/mol. The molecule has 1 heterocycles. The number of amides is 1. The number of nitrogens with one attached hydrogen (secondary N) is 2. The SMILES string of the molecule is O=C(Nc1ccc(S(=O)(=O)Nc2ncccn2)cc1)c1ccc(Cl)c(Cl)c1. The molecule has 0 spiro atoms. The molecule has 0 aliphatic heterocycles. The number of aromatic nitrogens is 2. The molecule has 3 aromatic rings. The van der Waals surface area contributed by atoms with Gasteiger partial charge in [-0.05, 0) is 48.5 Å². The number of carbonyl (C=O) groups is 1. The van der Waals surface area contributed by atoms with Gasteiger partial charge in [-0.3, -0.25) is 4.79 Å². The summed E-state index contributed by atoms with van der Waals surface area (Å²) >= 11 is 11.7. The van der Waals surface area contributed by atoms with Gasteiger partial charge in [0.2, 0.25) is 5.95 Å². The van der Waals surface area contributed by atoms with Crippen LogP contribution in [0.2, 0.25) is 10.0 Å². The van der Waals surface area contributed by atoms with E-state index >= 15 is 0 Å². The lowest BCUT2D eigenvalue weighted by Gasteiger charge is -2.09. The van der Waals surface area contributed by atoms with Crippen LogP contribution in [0.5, 0.6) is 0 Å². The monoisotopic (exact) mass is 422 g/mol. The summed E-state index contributed by atoms with van der Waals surface area (Å²) in [6.07, 6.45) is 2.85. The van der Waals surface area contributed by atoms with Gasteiger partial charge in [-0.25, -0.2) is 23.1 Å². The highest BCUT2D eigenvalue weighted by Gasteiger charge is 2.16. The maximum atomic E-state index is 12.3. The van der Waals surface area contributed by atoms with Gasteiger partial charge in [0.15, 0.2) is 0 Å². The van der Waals surface area contributed by atoms with E-state index in [9.17, 15) is 13.2 Å². The largest absolute Gasteiger partial charge is 0.322 e. The number of sulfonamides is 1. The number of anilines is 2. The average molecular weight is 423 g/mol. The van der Waals surface area contributed by atoms with Crippen molar-refractivity contribution in [1.29, 1.82) is 0 Å². The van der Waals surface area contributed by atoms with Crippen molar-refractivity contribution in [1.82, 2.24) is 9.97 Å². The summed E-state index contributed by atoms with van der Waals surface area (Å²) in [6, 6.07) is 11.7. The molecule has 2 N–H and O–H groups in total. The molecule has 3 rings (SSSR count). The van der Waals surface area contributed by atoms with E-state index in [1.165, 1.54) is 54.9 Å². The van der Waals surface area contributed by atoms with Crippen LogP contribution in [0.25, 0.3) is 0 Å². The normalized spacial score (nSPS) is 11.0. The van der Waals surface area contributed by atoms with Crippen molar-refractivity contribution in [2.75, 3.05) is 10.0 Å². The van der Waals surface area contributed by atoms with Gasteiger partial charge in [0.1, 0.15) is 0 Å². The summed E-state index contributed by atoms with van der Waals surface area (Å²) in [5.41, 5.74) is 0.741. The van der Waals surface area contributed by atoms with Crippen molar-refractivity contribution in [3.05, 3.63) is 76.5 Å². The number of benzene rings is 2. The average Bonchev–Trinajstić information content (AvgIpc) is 2.65. The number of carbonyl (C=O) groups excluding carboxylic acids is 1. The van der Waals surface area contributed by atoms with Gasteiger partial charge in [-0.2, -0.15) is 0 Å². The second kappa shape index (κ2) is 7.91. The van der Waals surface area contributed by atoms with Gasteiger partial charge in [-0.1, -0.05) is 23.2 Å². The Morgan fingerprint density at radius 2 is 1.59 bits per heavy atom. The Hall–Kier alpha value is -2.68. The fourth-order valence-electron chi connectivity index (χ4n) is 2.09. The zero-order valence-corrected chi connectivity index (χ0v) is 15.9. The zero-order chi connectivity index (χ0) is 19.4. The number of halogens is 2. The Kier molecular flexibility index (Phi) is 5.59. The molecule has 0 atom stereocenters. The van der Waals surface area contributed by atoms with Crippen molar-refractivity contribution < 1.29 is 13.2 Å². The number of nitrogens with zero attached hydrogens (tertiary/aromatic N) is 2. The fraction of sp³-hybridized carbons (Fsp3) is 0. The summed E-state index contributed by atoms with van der Waals surface area (Å²) in [4.78, 5) is 19.9. The van der Waals surface area contributed by atoms with Gasteiger partial charge >= 0.3 is 0 Å². The third-order valence-corrected chi connectivity index (χ3v) is 5.48. The quantitative estimate of drug-likeness (QED) is 0.650. The lowest BCUT2D eigenvalue weighted by atomic mass is 10.2. The lowest BCUT2D eigenvalue weighted by molar-refractivity contribution is 0.102. The van der Waals surface area contributed by atoms with Gasteiger partial charge in [0.25, 0.3) is 15.9 Å². The van der Waals surface area contributed by atoms with E-state index in [-0.39, 0.29) is 15.9 Å². The van der Waals surface area contributed by atoms with Crippen LogP contribution in [0, 0.1) is 0 Å². The summed E-state index contributed by atoms with van der Waals surface area (Å²) in [5, 5.41) is 3.26. The lowest BCUT2D eigenvalue weighted by Crippen LogP contribution is -2.15. The van der Waals surface area contributed by atoms with E-state index in [0.717, 1.165) is 0 Å². The molecule has 27 heavy (non-hydrogen) atoms. The van der Waals surface area contributed by atoms with Crippen LogP contribution in [0.15, 0.2) is 65.8 Å². The third-order valence-electron chi connectivity index (χ3n) is 3.40. The van der Waals surface area contributed by atoms with E-state index in [0.29, 0.717) is 16.3 Å². The predicted octanol–water partition coefficient (Wildman–Crippen LogP) is 3.84. The Morgan fingerprint density at radius 3 is 2.22 bits per heavy atom. The van der Waals surface area contributed by atoms with E-state index < -0.39 is 15.9 Å².